The standard InChI is InChI=1S/C20H14F2N4O/c1-12-3-4-13-9-24-10-18(17(13)5-12)26-19(23-2)11-25(20(26)27)16-7-14(21)6-15(22)8-16/h3-10,19H,11H2,1H3/t19-/m1/s1. The Morgan fingerprint density at radius 3 is 2.59 bits per heavy atom. The molecule has 0 unspecified atom stereocenters. The van der Waals surface area contributed by atoms with Gasteiger partial charge in [0.2, 0.25) is 0 Å². The van der Waals surface area contributed by atoms with E-state index in [1.807, 2.05) is 25.1 Å². The second-order valence-corrected chi connectivity index (χ2v) is 6.38. The number of fused-ring (bicyclic) bond motifs is 1. The number of aryl methyl sites for hydroxylation is 1. The first-order valence-electron chi connectivity index (χ1n) is 8.25. The number of anilines is 2. The quantitative estimate of drug-likeness (QED) is 0.628. The van der Waals surface area contributed by atoms with Crippen molar-refractivity contribution < 1.29 is 13.6 Å². The van der Waals surface area contributed by atoms with Crippen molar-refractivity contribution in [1.82, 2.24) is 4.98 Å². The van der Waals surface area contributed by atoms with Gasteiger partial charge in [-0.1, -0.05) is 17.7 Å². The normalized spacial score (nSPS) is 16.8. The summed E-state index contributed by atoms with van der Waals surface area (Å²) < 4.78 is 27.2. The number of hydrogen-bond donors (Lipinski definition) is 0. The molecule has 2 heterocycles. The Morgan fingerprint density at radius 2 is 1.89 bits per heavy atom. The van der Waals surface area contributed by atoms with Crippen molar-refractivity contribution in [2.45, 2.75) is 13.1 Å². The Hall–Kier alpha value is -3.53. The molecule has 134 valence electrons. The third kappa shape index (κ3) is 2.85. The van der Waals surface area contributed by atoms with Crippen molar-refractivity contribution in [3.05, 3.63) is 77.4 Å². The number of amides is 2. The molecular weight excluding hydrogens is 350 g/mol. The maximum absolute atomic E-state index is 13.6. The van der Waals surface area contributed by atoms with Gasteiger partial charge in [-0.05, 0) is 25.1 Å². The highest BCUT2D eigenvalue weighted by atomic mass is 19.1. The molecule has 0 N–H and O–H groups in total. The molecule has 0 radical (unpaired) electrons. The first-order valence-corrected chi connectivity index (χ1v) is 8.25. The Labute approximate surface area is 154 Å². The van der Waals surface area contributed by atoms with Gasteiger partial charge in [0, 0.05) is 23.0 Å². The molecule has 5 nitrogen and oxygen atoms in total. The molecule has 2 amide bonds. The highest BCUT2D eigenvalue weighted by molar-refractivity contribution is 6.11. The van der Waals surface area contributed by atoms with Crippen LogP contribution < -0.4 is 9.80 Å². The van der Waals surface area contributed by atoms with Gasteiger partial charge in [-0.3, -0.25) is 14.7 Å². The lowest BCUT2D eigenvalue weighted by Crippen LogP contribution is -2.34. The number of rotatable bonds is 2. The SMILES string of the molecule is [C-]#[N+][C@H]1CN(c2cc(F)cc(F)c2)C(=O)N1c1cncc2ccc(C)cc12. The van der Waals surface area contributed by atoms with Gasteiger partial charge in [-0.25, -0.2) is 25.0 Å². The van der Waals surface area contributed by atoms with Gasteiger partial charge >= 0.3 is 12.2 Å². The van der Waals surface area contributed by atoms with Crippen LogP contribution in [-0.4, -0.2) is 23.7 Å². The molecule has 27 heavy (non-hydrogen) atoms. The lowest BCUT2D eigenvalue weighted by molar-refractivity contribution is 0.255. The van der Waals surface area contributed by atoms with E-state index in [-0.39, 0.29) is 12.2 Å². The van der Waals surface area contributed by atoms with E-state index in [0.29, 0.717) is 5.69 Å². The summed E-state index contributed by atoms with van der Waals surface area (Å²) in [6, 6.07) is 8.14. The molecule has 1 atom stereocenters. The minimum absolute atomic E-state index is 0.00737. The highest BCUT2D eigenvalue weighted by Gasteiger charge is 2.44. The van der Waals surface area contributed by atoms with E-state index >= 15 is 0 Å². The summed E-state index contributed by atoms with van der Waals surface area (Å²) in [5.74, 6) is -1.56. The van der Waals surface area contributed by atoms with Crippen LogP contribution in [0.1, 0.15) is 5.56 Å². The van der Waals surface area contributed by atoms with E-state index in [4.69, 9.17) is 6.57 Å². The Kier molecular flexibility index (Phi) is 3.96. The monoisotopic (exact) mass is 364 g/mol. The average Bonchev–Trinajstić information content (AvgIpc) is 2.96. The first-order chi connectivity index (χ1) is 13.0. The van der Waals surface area contributed by atoms with Crippen LogP contribution in [0.4, 0.5) is 25.0 Å². The predicted octanol–water partition coefficient (Wildman–Crippen LogP) is 4.51. The Morgan fingerprint density at radius 1 is 1.15 bits per heavy atom. The molecule has 2 aromatic carbocycles. The van der Waals surface area contributed by atoms with E-state index in [9.17, 15) is 13.6 Å². The summed E-state index contributed by atoms with van der Waals surface area (Å²) >= 11 is 0. The number of aromatic nitrogens is 1. The zero-order valence-electron chi connectivity index (χ0n) is 14.4. The van der Waals surface area contributed by atoms with Crippen molar-refractivity contribution >= 4 is 28.2 Å². The summed E-state index contributed by atoms with van der Waals surface area (Å²) in [5, 5.41) is 1.63. The number of halogens is 2. The topological polar surface area (TPSA) is 40.8 Å². The van der Waals surface area contributed by atoms with E-state index in [2.05, 4.69) is 9.83 Å². The van der Waals surface area contributed by atoms with Crippen LogP contribution in [0.15, 0.2) is 48.8 Å². The summed E-state index contributed by atoms with van der Waals surface area (Å²) in [4.78, 5) is 23.3. The minimum Gasteiger partial charge on any atom is -0.287 e. The molecule has 1 saturated heterocycles. The van der Waals surface area contributed by atoms with E-state index in [1.165, 1.54) is 16.0 Å². The van der Waals surface area contributed by atoms with Crippen LogP contribution in [-0.2, 0) is 0 Å². The molecule has 0 saturated carbocycles. The van der Waals surface area contributed by atoms with Crippen molar-refractivity contribution in [3.63, 3.8) is 0 Å². The van der Waals surface area contributed by atoms with Crippen molar-refractivity contribution in [1.29, 1.82) is 0 Å². The van der Waals surface area contributed by atoms with Crippen molar-refractivity contribution in [2.75, 3.05) is 16.3 Å². The van der Waals surface area contributed by atoms with Gasteiger partial charge < -0.3 is 0 Å². The molecule has 7 heteroatoms. The molecule has 0 spiro atoms. The van der Waals surface area contributed by atoms with E-state index in [1.54, 1.807) is 6.20 Å². The fraction of sp³-hybridized carbons (Fsp3) is 0.150. The zero-order chi connectivity index (χ0) is 19.1. The molecule has 0 bridgehead atoms. The smallest absolute Gasteiger partial charge is 0.287 e. The number of pyridine rings is 1. The molecular formula is C20H14F2N4O. The second-order valence-electron chi connectivity index (χ2n) is 6.38. The number of carbonyl (C=O) groups excluding carboxylic acids is 1. The number of benzene rings is 2. The molecule has 3 aromatic rings. The van der Waals surface area contributed by atoms with Gasteiger partial charge in [-0.15, -0.1) is 0 Å². The molecule has 1 fully saturated rings. The summed E-state index contributed by atoms with van der Waals surface area (Å²) in [6.45, 7) is 9.43. The van der Waals surface area contributed by atoms with Gasteiger partial charge in [0.15, 0.2) is 0 Å². The molecule has 0 aliphatic carbocycles. The number of hydrogen-bond acceptors (Lipinski definition) is 2. The van der Waals surface area contributed by atoms with Crippen LogP contribution in [0, 0.1) is 25.1 Å². The molecule has 1 aliphatic heterocycles. The van der Waals surface area contributed by atoms with Crippen LogP contribution >= 0.6 is 0 Å². The van der Waals surface area contributed by atoms with Crippen molar-refractivity contribution in [3.8, 4) is 0 Å². The second kappa shape index (κ2) is 6.32. The molecule has 1 aliphatic rings. The average molecular weight is 364 g/mol. The zero-order valence-corrected chi connectivity index (χ0v) is 14.4. The minimum atomic E-state index is -0.822. The van der Waals surface area contributed by atoms with Crippen LogP contribution in [0.25, 0.3) is 15.6 Å². The fourth-order valence-electron chi connectivity index (χ4n) is 3.31. The lowest BCUT2D eigenvalue weighted by atomic mass is 10.1. The Bertz CT molecular complexity index is 1090. The van der Waals surface area contributed by atoms with E-state index < -0.39 is 23.8 Å². The lowest BCUT2D eigenvalue weighted by Gasteiger charge is -2.19. The van der Waals surface area contributed by atoms with Crippen LogP contribution in [0.3, 0.4) is 0 Å². The summed E-state index contributed by atoms with van der Waals surface area (Å²) in [6.07, 6.45) is 2.40. The fourth-order valence-corrected chi connectivity index (χ4v) is 3.31. The van der Waals surface area contributed by atoms with Gasteiger partial charge in [0.1, 0.15) is 18.2 Å². The van der Waals surface area contributed by atoms with E-state index in [0.717, 1.165) is 34.5 Å². The van der Waals surface area contributed by atoms with Crippen LogP contribution in [0.2, 0.25) is 0 Å². The van der Waals surface area contributed by atoms with Gasteiger partial charge in [-0.2, -0.15) is 0 Å². The van der Waals surface area contributed by atoms with Gasteiger partial charge in [0.05, 0.1) is 17.6 Å². The highest BCUT2D eigenvalue weighted by Crippen LogP contribution is 2.34. The first kappa shape index (κ1) is 16.9. The number of carbonyl (C=O) groups is 1. The van der Waals surface area contributed by atoms with Gasteiger partial charge in [0.25, 0.3) is 0 Å². The van der Waals surface area contributed by atoms with Crippen LogP contribution in [0.5, 0.6) is 0 Å². The maximum Gasteiger partial charge on any atom is 0.335 e. The summed E-state index contributed by atoms with van der Waals surface area (Å²) in [7, 11) is 0. The summed E-state index contributed by atoms with van der Waals surface area (Å²) in [5.41, 5.74) is 1.59. The third-order valence-corrected chi connectivity index (χ3v) is 4.54. The number of urea groups is 1. The van der Waals surface area contributed by atoms with Crippen molar-refractivity contribution in [2.24, 2.45) is 0 Å². The maximum atomic E-state index is 13.6. The molecule has 4 rings (SSSR count). The largest absolute Gasteiger partial charge is 0.335 e. The molecule has 1 aromatic heterocycles. The number of nitrogens with zero attached hydrogens (tertiary/aromatic N) is 4. The Balaban J connectivity index is 1.83. The third-order valence-electron chi connectivity index (χ3n) is 4.54. The predicted molar refractivity (Wildman–Crippen MR) is 98.4 cm³/mol.